The molecule has 0 aliphatic carbocycles. The third kappa shape index (κ3) is 4.22. The lowest BCUT2D eigenvalue weighted by Crippen LogP contribution is -2.24. The van der Waals surface area contributed by atoms with E-state index in [4.69, 9.17) is 4.74 Å². The highest BCUT2D eigenvalue weighted by molar-refractivity contribution is 7.90. The van der Waals surface area contributed by atoms with Gasteiger partial charge in [0.05, 0.1) is 4.90 Å². The molecule has 0 bridgehead atoms. The Labute approximate surface area is 179 Å². The molecule has 31 heavy (non-hydrogen) atoms. The number of amidine groups is 1. The molecule has 0 amide bonds. The van der Waals surface area contributed by atoms with E-state index in [1.807, 2.05) is 24.3 Å². The van der Waals surface area contributed by atoms with Crippen LogP contribution in [0.25, 0.3) is 10.9 Å². The molecular formula is C22H21N3O5S. The first-order valence-electron chi connectivity index (χ1n) is 9.83. The topological polar surface area (TPSA) is 118 Å². The minimum absolute atomic E-state index is 0.0662. The SMILES string of the molecule is CC(OC(=O)CCCN=C1NS(=O)(=O)c2ccccc21)C(=O)c1c[nH]c2ccccc12. The smallest absolute Gasteiger partial charge is 0.306 e. The van der Waals surface area contributed by atoms with Crippen molar-refractivity contribution in [3.8, 4) is 0 Å². The lowest BCUT2D eigenvalue weighted by Gasteiger charge is -2.11. The maximum atomic E-state index is 12.7. The van der Waals surface area contributed by atoms with Crippen LogP contribution < -0.4 is 4.72 Å². The average molecular weight is 439 g/mol. The van der Waals surface area contributed by atoms with E-state index >= 15 is 0 Å². The van der Waals surface area contributed by atoms with Crippen LogP contribution >= 0.6 is 0 Å². The first-order valence-corrected chi connectivity index (χ1v) is 11.3. The number of ketones is 1. The Morgan fingerprint density at radius 1 is 1.10 bits per heavy atom. The second-order valence-corrected chi connectivity index (χ2v) is 8.83. The Bertz CT molecular complexity index is 1290. The van der Waals surface area contributed by atoms with Crippen molar-refractivity contribution in [2.24, 2.45) is 4.99 Å². The summed E-state index contributed by atoms with van der Waals surface area (Å²) in [6, 6.07) is 14.0. The van der Waals surface area contributed by atoms with Crippen LogP contribution in [0.4, 0.5) is 0 Å². The number of benzene rings is 2. The van der Waals surface area contributed by atoms with E-state index in [0.717, 1.165) is 10.9 Å². The summed E-state index contributed by atoms with van der Waals surface area (Å²) >= 11 is 0. The Kier molecular flexibility index (Phi) is 5.60. The number of nitrogens with one attached hydrogen (secondary N) is 2. The van der Waals surface area contributed by atoms with Gasteiger partial charge in [-0.3, -0.25) is 19.3 Å². The minimum atomic E-state index is -3.58. The fourth-order valence-corrected chi connectivity index (χ4v) is 4.72. The molecule has 0 saturated carbocycles. The summed E-state index contributed by atoms with van der Waals surface area (Å²) in [4.78, 5) is 32.3. The number of sulfonamides is 1. The van der Waals surface area contributed by atoms with Gasteiger partial charge in [0.2, 0.25) is 5.78 Å². The minimum Gasteiger partial charge on any atom is -0.454 e. The van der Waals surface area contributed by atoms with Crippen molar-refractivity contribution < 1.29 is 22.7 Å². The molecule has 2 heterocycles. The Morgan fingerprint density at radius 2 is 1.84 bits per heavy atom. The molecule has 0 saturated heterocycles. The summed E-state index contributed by atoms with van der Waals surface area (Å²) in [5.41, 5.74) is 1.84. The molecule has 160 valence electrons. The van der Waals surface area contributed by atoms with Gasteiger partial charge in [-0.1, -0.05) is 30.3 Å². The monoisotopic (exact) mass is 439 g/mol. The number of carbonyl (C=O) groups excluding carboxylic acids is 2. The number of H-pyrrole nitrogens is 1. The summed E-state index contributed by atoms with van der Waals surface area (Å²) in [6.07, 6.45) is 1.14. The predicted octanol–water partition coefficient (Wildman–Crippen LogP) is 2.80. The third-order valence-corrected chi connectivity index (χ3v) is 6.40. The molecule has 1 aliphatic rings. The highest BCUT2D eigenvalue weighted by atomic mass is 32.2. The van der Waals surface area contributed by atoms with E-state index in [0.29, 0.717) is 17.5 Å². The second kappa shape index (κ2) is 8.35. The van der Waals surface area contributed by atoms with Crippen molar-refractivity contribution in [1.29, 1.82) is 0 Å². The summed E-state index contributed by atoms with van der Waals surface area (Å²) < 4.78 is 31.8. The fraction of sp³-hybridized carbons (Fsp3) is 0.227. The van der Waals surface area contributed by atoms with Crippen LogP contribution in [-0.4, -0.2) is 43.6 Å². The zero-order valence-electron chi connectivity index (χ0n) is 16.8. The largest absolute Gasteiger partial charge is 0.454 e. The zero-order chi connectivity index (χ0) is 22.0. The Morgan fingerprint density at radius 3 is 2.68 bits per heavy atom. The normalized spacial score (nSPS) is 16.6. The predicted molar refractivity (Wildman–Crippen MR) is 116 cm³/mol. The van der Waals surface area contributed by atoms with E-state index in [9.17, 15) is 18.0 Å². The van der Waals surface area contributed by atoms with Gasteiger partial charge in [0, 0.05) is 41.2 Å². The van der Waals surface area contributed by atoms with E-state index in [1.54, 1.807) is 31.3 Å². The van der Waals surface area contributed by atoms with Gasteiger partial charge in [0.15, 0.2) is 6.10 Å². The number of para-hydroxylation sites is 1. The van der Waals surface area contributed by atoms with E-state index in [2.05, 4.69) is 14.7 Å². The molecule has 9 heteroatoms. The third-order valence-electron chi connectivity index (χ3n) is 5.00. The van der Waals surface area contributed by atoms with Crippen LogP contribution in [0.3, 0.4) is 0 Å². The molecule has 1 aromatic heterocycles. The van der Waals surface area contributed by atoms with E-state index < -0.39 is 22.1 Å². The van der Waals surface area contributed by atoms with Crippen molar-refractivity contribution in [2.45, 2.75) is 30.8 Å². The van der Waals surface area contributed by atoms with Gasteiger partial charge >= 0.3 is 5.97 Å². The molecular weight excluding hydrogens is 418 g/mol. The van der Waals surface area contributed by atoms with Gasteiger partial charge < -0.3 is 9.72 Å². The number of carbonyl (C=O) groups is 2. The average Bonchev–Trinajstić information content (AvgIpc) is 3.29. The maximum absolute atomic E-state index is 12.7. The van der Waals surface area contributed by atoms with Crippen LogP contribution in [0.15, 0.2) is 64.6 Å². The number of Topliss-reactive ketones (excluding diaryl/α,β-unsaturated/α-hetero) is 1. The molecule has 1 unspecified atom stereocenters. The number of aliphatic imine (C=N–C) groups is 1. The van der Waals surface area contributed by atoms with E-state index in [-0.39, 0.29) is 29.5 Å². The first kappa shape index (κ1) is 20.8. The summed E-state index contributed by atoms with van der Waals surface area (Å²) in [7, 11) is -3.58. The quantitative estimate of drug-likeness (QED) is 0.333. The number of rotatable bonds is 7. The molecule has 1 aliphatic heterocycles. The maximum Gasteiger partial charge on any atom is 0.306 e. The molecule has 4 rings (SSSR count). The zero-order valence-corrected chi connectivity index (χ0v) is 17.6. The van der Waals surface area contributed by atoms with Gasteiger partial charge in [-0.05, 0) is 31.5 Å². The molecule has 3 aromatic rings. The van der Waals surface area contributed by atoms with Crippen LogP contribution in [0.2, 0.25) is 0 Å². The van der Waals surface area contributed by atoms with Gasteiger partial charge in [-0.25, -0.2) is 8.42 Å². The van der Waals surface area contributed by atoms with Crippen molar-refractivity contribution in [1.82, 2.24) is 9.71 Å². The van der Waals surface area contributed by atoms with Gasteiger partial charge in [-0.2, -0.15) is 0 Å². The molecule has 8 nitrogen and oxygen atoms in total. The standard InChI is InChI=1S/C22H21N3O5S/c1-14(21(27)17-13-24-18-9-4-2-7-15(17)18)30-20(26)11-6-12-23-22-16-8-3-5-10-19(16)31(28,29)25-22/h2-5,7-10,13-14,24H,6,11-12H2,1H3,(H,23,25). The van der Waals surface area contributed by atoms with E-state index in [1.165, 1.54) is 6.07 Å². The molecule has 0 spiro atoms. The summed E-state index contributed by atoms with van der Waals surface area (Å²) in [6.45, 7) is 1.79. The van der Waals surface area contributed by atoms with Crippen LogP contribution in [0, 0.1) is 0 Å². The molecule has 0 fully saturated rings. The van der Waals surface area contributed by atoms with Gasteiger partial charge in [0.25, 0.3) is 10.0 Å². The summed E-state index contributed by atoms with van der Waals surface area (Å²) in [5, 5.41) is 0.783. The first-order chi connectivity index (χ1) is 14.9. The van der Waals surface area contributed by atoms with Crippen molar-refractivity contribution in [2.75, 3.05) is 6.54 Å². The molecule has 2 N–H and O–H groups in total. The number of nitrogens with zero attached hydrogens (tertiary/aromatic N) is 1. The molecule has 1 atom stereocenters. The number of aromatic nitrogens is 1. The van der Waals surface area contributed by atoms with Crippen molar-refractivity contribution >= 4 is 38.5 Å². The van der Waals surface area contributed by atoms with Crippen LogP contribution in [-0.2, 0) is 19.6 Å². The van der Waals surface area contributed by atoms with Crippen molar-refractivity contribution in [3.05, 3.63) is 65.9 Å². The highest BCUT2D eigenvalue weighted by Gasteiger charge is 2.30. The second-order valence-electron chi connectivity index (χ2n) is 7.18. The number of hydrogen-bond donors (Lipinski definition) is 2. The lowest BCUT2D eigenvalue weighted by molar-refractivity contribution is -0.146. The van der Waals surface area contributed by atoms with Crippen LogP contribution in [0.1, 0.15) is 35.7 Å². The molecule has 2 aromatic carbocycles. The highest BCUT2D eigenvalue weighted by Crippen LogP contribution is 2.22. The molecule has 0 radical (unpaired) electrons. The number of hydrogen-bond acceptors (Lipinski definition) is 6. The van der Waals surface area contributed by atoms with Gasteiger partial charge in [-0.15, -0.1) is 0 Å². The fourth-order valence-electron chi connectivity index (χ4n) is 3.47. The lowest BCUT2D eigenvalue weighted by atomic mass is 10.1. The summed E-state index contributed by atoms with van der Waals surface area (Å²) in [5.74, 6) is -0.511. The van der Waals surface area contributed by atoms with Crippen LogP contribution in [0.5, 0.6) is 0 Å². The Hall–Kier alpha value is -3.46. The number of esters is 1. The number of ether oxygens (including phenoxy) is 1. The van der Waals surface area contributed by atoms with Gasteiger partial charge in [0.1, 0.15) is 5.84 Å². The number of fused-ring (bicyclic) bond motifs is 2. The Balaban J connectivity index is 1.31. The number of aromatic amines is 1. The van der Waals surface area contributed by atoms with Crippen molar-refractivity contribution in [3.63, 3.8) is 0 Å².